The third-order valence-corrected chi connectivity index (χ3v) is 2.99. The van der Waals surface area contributed by atoms with Gasteiger partial charge in [-0.25, -0.2) is 10.5 Å². The van der Waals surface area contributed by atoms with Crippen molar-refractivity contribution < 1.29 is 10.0 Å². The minimum Gasteiger partial charge on any atom is -0.331 e. The van der Waals surface area contributed by atoms with Crippen LogP contribution in [0.25, 0.3) is 17.1 Å². The highest BCUT2D eigenvalue weighted by atomic mass is 16.5. The molecule has 0 saturated heterocycles. The lowest BCUT2D eigenvalue weighted by Gasteiger charge is -2.04. The fourth-order valence-electron chi connectivity index (χ4n) is 2.06. The number of benzene rings is 1. The maximum atomic E-state index is 10.9. The number of carbonyl (C=O) groups is 1. The molecule has 1 aromatic carbocycles. The highest BCUT2D eigenvalue weighted by Gasteiger charge is 2.10. The molecule has 100 valence electrons. The second kappa shape index (κ2) is 5.24. The summed E-state index contributed by atoms with van der Waals surface area (Å²) in [6, 6.07) is 5.81. The van der Waals surface area contributed by atoms with E-state index in [1.807, 2.05) is 25.2 Å². The van der Waals surface area contributed by atoms with Gasteiger partial charge in [0, 0.05) is 19.0 Å². The molecule has 2 aromatic rings. The molecule has 19 heavy (non-hydrogen) atoms. The minimum absolute atomic E-state index is 0.358. The molecule has 5 nitrogen and oxygen atoms in total. The summed E-state index contributed by atoms with van der Waals surface area (Å²) in [6.07, 6.45) is 2.90. The Kier molecular flexibility index (Phi) is 3.66. The first-order valence-electron chi connectivity index (χ1n) is 6.11. The van der Waals surface area contributed by atoms with E-state index in [9.17, 15) is 4.79 Å². The molecule has 0 spiro atoms. The van der Waals surface area contributed by atoms with Crippen LogP contribution in [-0.2, 0) is 11.8 Å². The van der Waals surface area contributed by atoms with Crippen LogP contribution in [0, 0.1) is 0 Å². The number of hydroxylamine groups is 1. The van der Waals surface area contributed by atoms with Crippen molar-refractivity contribution in [2.24, 2.45) is 7.05 Å². The second-order valence-electron chi connectivity index (χ2n) is 4.74. The lowest BCUT2D eigenvalue weighted by Crippen LogP contribution is -2.14. The molecule has 0 aliphatic carbocycles. The number of aryl methyl sites for hydroxylation is 1. The molecule has 0 aliphatic rings. The van der Waals surface area contributed by atoms with E-state index in [1.54, 1.807) is 11.6 Å². The standard InChI is InChI=1S/C14H17N3O2/c1-9(2)14-15-11-8-10(5-7-13(18)16-19)4-6-12(11)17(14)3/h4-9,19H,1-3H3,(H,16,18)/b7-5+. The molecule has 1 heterocycles. The topological polar surface area (TPSA) is 67.2 Å². The van der Waals surface area contributed by atoms with Crippen molar-refractivity contribution in [1.29, 1.82) is 0 Å². The van der Waals surface area contributed by atoms with E-state index in [0.717, 1.165) is 22.4 Å². The maximum Gasteiger partial charge on any atom is 0.267 e. The molecule has 0 fully saturated rings. The van der Waals surface area contributed by atoms with Gasteiger partial charge < -0.3 is 4.57 Å². The number of imidazole rings is 1. The van der Waals surface area contributed by atoms with Crippen LogP contribution in [-0.4, -0.2) is 20.7 Å². The van der Waals surface area contributed by atoms with Gasteiger partial charge in [-0.1, -0.05) is 19.9 Å². The lowest BCUT2D eigenvalue weighted by atomic mass is 10.2. The van der Waals surface area contributed by atoms with Crippen molar-refractivity contribution in [3.8, 4) is 0 Å². The predicted molar refractivity (Wildman–Crippen MR) is 73.8 cm³/mol. The molecule has 1 aromatic heterocycles. The Balaban J connectivity index is 2.41. The molecular weight excluding hydrogens is 242 g/mol. The van der Waals surface area contributed by atoms with E-state index in [-0.39, 0.29) is 0 Å². The minimum atomic E-state index is -0.552. The van der Waals surface area contributed by atoms with Gasteiger partial charge in [-0.15, -0.1) is 0 Å². The number of aromatic nitrogens is 2. The van der Waals surface area contributed by atoms with Gasteiger partial charge in [0.2, 0.25) is 0 Å². The lowest BCUT2D eigenvalue weighted by molar-refractivity contribution is -0.124. The molecule has 1 amide bonds. The Hall–Kier alpha value is -2.14. The van der Waals surface area contributed by atoms with E-state index in [2.05, 4.69) is 23.4 Å². The fraction of sp³-hybridized carbons (Fsp3) is 0.286. The van der Waals surface area contributed by atoms with Crippen LogP contribution in [0.3, 0.4) is 0 Å². The van der Waals surface area contributed by atoms with Gasteiger partial charge >= 0.3 is 0 Å². The highest BCUT2D eigenvalue weighted by Crippen LogP contribution is 2.21. The van der Waals surface area contributed by atoms with E-state index in [1.165, 1.54) is 6.08 Å². The van der Waals surface area contributed by atoms with Crippen LogP contribution in [0.15, 0.2) is 24.3 Å². The average Bonchev–Trinajstić information content (AvgIpc) is 2.73. The highest BCUT2D eigenvalue weighted by molar-refractivity contribution is 5.91. The Bertz CT molecular complexity index is 641. The van der Waals surface area contributed by atoms with Gasteiger partial charge in [0.25, 0.3) is 5.91 Å². The number of hydrogen-bond acceptors (Lipinski definition) is 3. The number of rotatable bonds is 3. The SMILES string of the molecule is CC(C)c1nc2cc(/C=C/C(=O)NO)ccc2n1C. The zero-order valence-electron chi connectivity index (χ0n) is 11.2. The van der Waals surface area contributed by atoms with Crippen LogP contribution in [0.5, 0.6) is 0 Å². The van der Waals surface area contributed by atoms with Gasteiger partial charge in [0.15, 0.2) is 0 Å². The third-order valence-electron chi connectivity index (χ3n) is 2.99. The molecule has 0 unspecified atom stereocenters. The summed E-state index contributed by atoms with van der Waals surface area (Å²) in [4.78, 5) is 15.5. The van der Waals surface area contributed by atoms with Crippen LogP contribution in [0.1, 0.15) is 31.2 Å². The molecule has 2 rings (SSSR count). The normalized spacial score (nSPS) is 11.6. The summed E-state index contributed by atoms with van der Waals surface area (Å²) in [5, 5.41) is 8.42. The van der Waals surface area contributed by atoms with Crippen molar-refractivity contribution in [2.45, 2.75) is 19.8 Å². The van der Waals surface area contributed by atoms with Gasteiger partial charge in [-0.2, -0.15) is 0 Å². The van der Waals surface area contributed by atoms with Crippen molar-refractivity contribution in [3.05, 3.63) is 35.7 Å². The largest absolute Gasteiger partial charge is 0.331 e. The van der Waals surface area contributed by atoms with Crippen LogP contribution >= 0.6 is 0 Å². The molecule has 0 bridgehead atoms. The average molecular weight is 259 g/mol. The summed E-state index contributed by atoms with van der Waals surface area (Å²) in [7, 11) is 2.00. The monoisotopic (exact) mass is 259 g/mol. The first kappa shape index (κ1) is 13.3. The zero-order chi connectivity index (χ0) is 14.0. The summed E-state index contributed by atoms with van der Waals surface area (Å²) < 4.78 is 2.08. The van der Waals surface area contributed by atoms with Crippen LogP contribution in [0.2, 0.25) is 0 Å². The Morgan fingerprint density at radius 2 is 2.21 bits per heavy atom. The first-order valence-corrected chi connectivity index (χ1v) is 6.11. The zero-order valence-corrected chi connectivity index (χ0v) is 11.2. The van der Waals surface area contributed by atoms with Crippen molar-refractivity contribution in [1.82, 2.24) is 15.0 Å². The molecule has 0 aliphatic heterocycles. The van der Waals surface area contributed by atoms with Gasteiger partial charge in [0.05, 0.1) is 11.0 Å². The van der Waals surface area contributed by atoms with E-state index in [0.29, 0.717) is 5.92 Å². The molecule has 0 saturated carbocycles. The molecule has 0 atom stereocenters. The van der Waals surface area contributed by atoms with Crippen molar-refractivity contribution in [3.63, 3.8) is 0 Å². The fourth-order valence-corrected chi connectivity index (χ4v) is 2.06. The number of hydrogen-bond donors (Lipinski definition) is 2. The number of nitrogens with one attached hydrogen (secondary N) is 1. The van der Waals surface area contributed by atoms with E-state index >= 15 is 0 Å². The second-order valence-corrected chi connectivity index (χ2v) is 4.74. The van der Waals surface area contributed by atoms with E-state index in [4.69, 9.17) is 5.21 Å². The molecule has 2 N–H and O–H groups in total. The number of nitrogens with zero attached hydrogens (tertiary/aromatic N) is 2. The quantitative estimate of drug-likeness (QED) is 0.504. The summed E-state index contributed by atoms with van der Waals surface area (Å²) in [6.45, 7) is 4.21. The summed E-state index contributed by atoms with van der Waals surface area (Å²) >= 11 is 0. The number of amides is 1. The number of fused-ring (bicyclic) bond motifs is 1. The molecule has 5 heteroatoms. The Morgan fingerprint density at radius 3 is 2.84 bits per heavy atom. The van der Waals surface area contributed by atoms with Gasteiger partial charge in [-0.05, 0) is 23.8 Å². The molecule has 0 radical (unpaired) electrons. The first-order chi connectivity index (χ1) is 9.02. The number of carbonyl (C=O) groups excluding carboxylic acids is 1. The van der Waals surface area contributed by atoms with Crippen LogP contribution < -0.4 is 5.48 Å². The smallest absolute Gasteiger partial charge is 0.267 e. The van der Waals surface area contributed by atoms with Crippen molar-refractivity contribution >= 4 is 23.0 Å². The molecular formula is C14H17N3O2. The van der Waals surface area contributed by atoms with Gasteiger partial charge in [0.1, 0.15) is 5.82 Å². The maximum absolute atomic E-state index is 10.9. The predicted octanol–water partition coefficient (Wildman–Crippen LogP) is 2.22. The summed E-state index contributed by atoms with van der Waals surface area (Å²) in [5.41, 5.74) is 4.38. The van der Waals surface area contributed by atoms with Gasteiger partial charge in [-0.3, -0.25) is 10.0 Å². The van der Waals surface area contributed by atoms with Crippen molar-refractivity contribution in [2.75, 3.05) is 0 Å². The van der Waals surface area contributed by atoms with E-state index < -0.39 is 5.91 Å². The Morgan fingerprint density at radius 1 is 1.47 bits per heavy atom. The third kappa shape index (κ3) is 2.66. The Labute approximate surface area is 111 Å². The summed E-state index contributed by atoms with van der Waals surface area (Å²) in [5.74, 6) is 0.838. The van der Waals surface area contributed by atoms with Crippen LogP contribution in [0.4, 0.5) is 0 Å².